The van der Waals surface area contributed by atoms with Crippen molar-refractivity contribution in [3.63, 3.8) is 0 Å². The minimum atomic E-state index is 0.686. The van der Waals surface area contributed by atoms with Crippen molar-refractivity contribution in [3.05, 3.63) is 152 Å². The molecule has 0 aliphatic heterocycles. The number of benzene rings is 7. The Kier molecular flexibility index (Phi) is 5.70. The Hall–Kier alpha value is -5.88. The second kappa shape index (κ2) is 10.3. The molecule has 0 saturated carbocycles. The van der Waals surface area contributed by atoms with Crippen LogP contribution in [-0.4, -0.2) is 14.5 Å². The number of thiophene rings is 2. The molecule has 0 amide bonds. The molecular weight excluding hydrogens is 635 g/mol. The summed E-state index contributed by atoms with van der Waals surface area (Å²) in [6.07, 6.45) is 0. The highest BCUT2D eigenvalue weighted by Gasteiger charge is 2.21. The molecule has 11 rings (SSSR count). The molecular formula is C44H25N3S2. The average Bonchev–Trinajstić information content (AvgIpc) is 3.83. The quantitative estimate of drug-likeness (QED) is 0.189. The highest BCUT2D eigenvalue weighted by Crippen LogP contribution is 2.44. The fourth-order valence-electron chi connectivity index (χ4n) is 7.57. The van der Waals surface area contributed by atoms with Crippen molar-refractivity contribution in [2.24, 2.45) is 0 Å². The number of para-hydroxylation sites is 1. The Bertz CT molecular complexity index is 3110. The molecule has 49 heavy (non-hydrogen) atoms. The van der Waals surface area contributed by atoms with Crippen LogP contribution in [0.5, 0.6) is 0 Å². The molecule has 7 aromatic carbocycles. The smallest absolute Gasteiger partial charge is 0.235 e. The number of hydrogen-bond acceptors (Lipinski definition) is 4. The Balaban J connectivity index is 1.25. The summed E-state index contributed by atoms with van der Waals surface area (Å²) in [4.78, 5) is 10.9. The van der Waals surface area contributed by atoms with Gasteiger partial charge in [0.15, 0.2) is 0 Å². The first-order chi connectivity index (χ1) is 24.3. The average molecular weight is 660 g/mol. The van der Waals surface area contributed by atoms with E-state index in [-0.39, 0.29) is 0 Å². The van der Waals surface area contributed by atoms with E-state index in [1.165, 1.54) is 57.5 Å². The third kappa shape index (κ3) is 4.00. The second-order valence-electron chi connectivity index (χ2n) is 12.6. The molecule has 0 atom stereocenters. The van der Waals surface area contributed by atoms with Gasteiger partial charge < -0.3 is 0 Å². The number of hydrogen-bond donors (Lipinski definition) is 0. The third-order valence-corrected chi connectivity index (χ3v) is 12.1. The molecule has 5 heteroatoms. The summed E-state index contributed by atoms with van der Waals surface area (Å²) < 4.78 is 7.20. The standard InChI is InChI=1S/C44H25N3S2/c1-2-11-26(12-3-1)28-14-10-15-29(23-28)41-43-42(32-18-7-9-20-37(32)49-43)46-44(45-41)47-35-19-8-6-17-31(35)33-25-39-34(24-36(33)47)40-30-16-5-4-13-27(30)21-22-38(40)48-39/h1-25H. The minimum absolute atomic E-state index is 0.686. The van der Waals surface area contributed by atoms with Crippen LogP contribution in [-0.2, 0) is 0 Å². The fourth-order valence-corrected chi connectivity index (χ4v) is 9.87. The van der Waals surface area contributed by atoms with E-state index in [2.05, 4.69) is 156 Å². The van der Waals surface area contributed by atoms with Gasteiger partial charge in [0.05, 0.1) is 26.9 Å². The van der Waals surface area contributed by atoms with E-state index in [1.54, 1.807) is 11.3 Å². The third-order valence-electron chi connectivity index (χ3n) is 9.81. The normalized spacial score (nSPS) is 12.1. The Morgan fingerprint density at radius 1 is 0.429 bits per heavy atom. The summed E-state index contributed by atoms with van der Waals surface area (Å²) in [5.41, 5.74) is 7.61. The number of aromatic nitrogens is 3. The van der Waals surface area contributed by atoms with Crippen LogP contribution in [0, 0.1) is 0 Å². The van der Waals surface area contributed by atoms with Gasteiger partial charge in [-0.25, -0.2) is 9.97 Å². The van der Waals surface area contributed by atoms with Gasteiger partial charge in [-0.2, -0.15) is 0 Å². The number of nitrogens with zero attached hydrogens (tertiary/aromatic N) is 3. The van der Waals surface area contributed by atoms with Crippen molar-refractivity contribution in [3.8, 4) is 28.3 Å². The summed E-state index contributed by atoms with van der Waals surface area (Å²) >= 11 is 3.64. The first-order valence-corrected chi connectivity index (χ1v) is 18.0. The maximum atomic E-state index is 5.49. The largest absolute Gasteiger partial charge is 0.278 e. The molecule has 0 N–H and O–H groups in total. The van der Waals surface area contributed by atoms with E-state index >= 15 is 0 Å². The van der Waals surface area contributed by atoms with Crippen LogP contribution in [0.3, 0.4) is 0 Å². The van der Waals surface area contributed by atoms with Crippen molar-refractivity contribution in [2.45, 2.75) is 0 Å². The summed E-state index contributed by atoms with van der Waals surface area (Å²) in [5.74, 6) is 0.686. The molecule has 228 valence electrons. The summed E-state index contributed by atoms with van der Waals surface area (Å²) in [7, 11) is 0. The Labute approximate surface area is 289 Å². The minimum Gasteiger partial charge on any atom is -0.278 e. The number of fused-ring (bicyclic) bond motifs is 11. The van der Waals surface area contributed by atoms with Gasteiger partial charge >= 0.3 is 0 Å². The Morgan fingerprint density at radius 3 is 2.10 bits per heavy atom. The fraction of sp³-hybridized carbons (Fsp3) is 0. The van der Waals surface area contributed by atoms with Gasteiger partial charge in [-0.15, -0.1) is 22.7 Å². The lowest BCUT2D eigenvalue weighted by Gasteiger charge is -2.11. The van der Waals surface area contributed by atoms with Crippen LogP contribution in [0.1, 0.15) is 0 Å². The monoisotopic (exact) mass is 659 g/mol. The molecule has 0 aliphatic rings. The van der Waals surface area contributed by atoms with Gasteiger partial charge in [-0.05, 0) is 58.3 Å². The van der Waals surface area contributed by atoms with Crippen molar-refractivity contribution in [1.29, 1.82) is 0 Å². The zero-order chi connectivity index (χ0) is 32.1. The predicted octanol–water partition coefficient (Wildman–Crippen LogP) is 12.8. The molecule has 11 aromatic rings. The highest BCUT2D eigenvalue weighted by molar-refractivity contribution is 7.26. The van der Waals surface area contributed by atoms with Crippen LogP contribution in [0.2, 0.25) is 0 Å². The van der Waals surface area contributed by atoms with Crippen LogP contribution >= 0.6 is 22.7 Å². The zero-order valence-corrected chi connectivity index (χ0v) is 27.7. The highest BCUT2D eigenvalue weighted by atomic mass is 32.1. The van der Waals surface area contributed by atoms with Crippen molar-refractivity contribution in [1.82, 2.24) is 14.5 Å². The van der Waals surface area contributed by atoms with Crippen LogP contribution < -0.4 is 0 Å². The van der Waals surface area contributed by atoms with E-state index in [4.69, 9.17) is 9.97 Å². The lowest BCUT2D eigenvalue weighted by molar-refractivity contribution is 1.02. The molecule has 0 fully saturated rings. The molecule has 0 saturated heterocycles. The lowest BCUT2D eigenvalue weighted by atomic mass is 10.0. The molecule has 0 radical (unpaired) electrons. The molecule has 0 unspecified atom stereocenters. The van der Waals surface area contributed by atoms with Crippen LogP contribution in [0.25, 0.3) is 101 Å². The maximum Gasteiger partial charge on any atom is 0.235 e. The van der Waals surface area contributed by atoms with Gasteiger partial charge in [0.2, 0.25) is 5.95 Å². The molecule has 0 spiro atoms. The molecule has 0 bridgehead atoms. The van der Waals surface area contributed by atoms with E-state index < -0.39 is 0 Å². The second-order valence-corrected chi connectivity index (χ2v) is 14.7. The summed E-state index contributed by atoms with van der Waals surface area (Å²) in [5, 5.41) is 8.71. The SMILES string of the molecule is c1ccc(-c2cccc(-c3nc(-n4c5ccccc5c5cc6sc7ccc8ccccc8c7c6cc54)nc4c3sc3ccccc34)c2)cc1. The van der Waals surface area contributed by atoms with Crippen LogP contribution in [0.4, 0.5) is 0 Å². The van der Waals surface area contributed by atoms with Crippen molar-refractivity contribution in [2.75, 3.05) is 0 Å². The van der Waals surface area contributed by atoms with Gasteiger partial charge in [0.25, 0.3) is 0 Å². The maximum absolute atomic E-state index is 5.49. The van der Waals surface area contributed by atoms with Crippen LogP contribution in [0.15, 0.2) is 152 Å². The first-order valence-electron chi connectivity index (χ1n) is 16.4. The first kappa shape index (κ1) is 27.1. The van der Waals surface area contributed by atoms with Crippen molar-refractivity contribution < 1.29 is 0 Å². The molecule has 4 heterocycles. The van der Waals surface area contributed by atoms with Gasteiger partial charge in [-0.1, -0.05) is 115 Å². The summed E-state index contributed by atoms with van der Waals surface area (Å²) in [6, 6.07) is 54.6. The molecule has 0 aliphatic carbocycles. The summed E-state index contributed by atoms with van der Waals surface area (Å²) in [6.45, 7) is 0. The predicted molar refractivity (Wildman–Crippen MR) is 211 cm³/mol. The van der Waals surface area contributed by atoms with E-state index in [9.17, 15) is 0 Å². The molecule has 4 aromatic heterocycles. The van der Waals surface area contributed by atoms with E-state index in [0.717, 1.165) is 37.9 Å². The number of rotatable bonds is 3. The zero-order valence-electron chi connectivity index (χ0n) is 26.1. The molecule has 3 nitrogen and oxygen atoms in total. The van der Waals surface area contributed by atoms with E-state index in [1.807, 2.05) is 11.3 Å². The lowest BCUT2D eigenvalue weighted by Crippen LogP contribution is -2.02. The van der Waals surface area contributed by atoms with Gasteiger partial charge in [0, 0.05) is 46.6 Å². The van der Waals surface area contributed by atoms with Gasteiger partial charge in [0.1, 0.15) is 0 Å². The van der Waals surface area contributed by atoms with Gasteiger partial charge in [-0.3, -0.25) is 4.57 Å². The Morgan fingerprint density at radius 2 is 1.18 bits per heavy atom. The topological polar surface area (TPSA) is 30.7 Å². The van der Waals surface area contributed by atoms with E-state index in [0.29, 0.717) is 5.95 Å². The van der Waals surface area contributed by atoms with Crippen molar-refractivity contribution >= 4 is 95.7 Å².